The Bertz CT molecular complexity index is 355. The van der Waals surface area contributed by atoms with Crippen LogP contribution in [0.2, 0.25) is 0 Å². The molecule has 0 amide bonds. The average molecular weight is 261 g/mol. The molecule has 0 aliphatic carbocycles. The molecule has 3 nitrogen and oxygen atoms in total. The molecule has 1 N–H and O–H groups in total. The summed E-state index contributed by atoms with van der Waals surface area (Å²) in [4.78, 5) is 7.00. The number of aromatic nitrogens is 1. The molecule has 1 saturated heterocycles. The number of nitrogens with one attached hydrogen (secondary N) is 1. The molecule has 0 aromatic carbocycles. The van der Waals surface area contributed by atoms with E-state index in [1.807, 2.05) is 13.1 Å². The molecule has 0 spiro atoms. The highest BCUT2D eigenvalue weighted by atomic mass is 15.1. The molecular formula is C16H27N3. The topological polar surface area (TPSA) is 28.2 Å². The van der Waals surface area contributed by atoms with Gasteiger partial charge in [0.05, 0.1) is 0 Å². The van der Waals surface area contributed by atoms with Gasteiger partial charge in [-0.1, -0.05) is 13.0 Å². The minimum absolute atomic E-state index is 0.867. The van der Waals surface area contributed by atoms with E-state index in [9.17, 15) is 0 Å². The summed E-state index contributed by atoms with van der Waals surface area (Å²) < 4.78 is 0. The summed E-state index contributed by atoms with van der Waals surface area (Å²) >= 11 is 0. The maximum atomic E-state index is 4.40. The Morgan fingerprint density at radius 3 is 2.74 bits per heavy atom. The van der Waals surface area contributed by atoms with E-state index in [1.165, 1.54) is 51.0 Å². The van der Waals surface area contributed by atoms with Gasteiger partial charge in [0, 0.05) is 25.0 Å². The average Bonchev–Trinajstić information content (AvgIpc) is 2.43. The lowest BCUT2D eigenvalue weighted by molar-refractivity contribution is 0.198. The maximum Gasteiger partial charge on any atom is 0.0372 e. The van der Waals surface area contributed by atoms with Crippen molar-refractivity contribution in [2.45, 2.75) is 39.7 Å². The molecular weight excluding hydrogens is 234 g/mol. The Hall–Kier alpha value is -0.930. The third kappa shape index (κ3) is 4.92. The van der Waals surface area contributed by atoms with Crippen molar-refractivity contribution in [1.82, 2.24) is 15.2 Å². The van der Waals surface area contributed by atoms with Crippen molar-refractivity contribution in [3.05, 3.63) is 29.6 Å². The molecule has 1 aromatic heterocycles. The fraction of sp³-hybridized carbons (Fsp3) is 0.688. The van der Waals surface area contributed by atoms with Gasteiger partial charge < -0.3 is 5.32 Å². The third-order valence-electron chi connectivity index (χ3n) is 3.89. The van der Waals surface area contributed by atoms with Crippen molar-refractivity contribution in [2.75, 3.05) is 26.2 Å². The van der Waals surface area contributed by atoms with E-state index in [-0.39, 0.29) is 0 Å². The Kier molecular flexibility index (Phi) is 5.80. The Morgan fingerprint density at radius 1 is 1.32 bits per heavy atom. The van der Waals surface area contributed by atoms with Crippen LogP contribution in [-0.4, -0.2) is 36.1 Å². The smallest absolute Gasteiger partial charge is 0.0372 e. The first-order chi connectivity index (χ1) is 9.28. The molecule has 0 unspecified atom stereocenters. The molecule has 1 aliphatic heterocycles. The summed E-state index contributed by atoms with van der Waals surface area (Å²) in [6.07, 6.45) is 5.91. The van der Waals surface area contributed by atoms with E-state index in [1.54, 1.807) is 0 Å². The molecule has 106 valence electrons. The normalized spacial score (nSPS) is 17.0. The highest BCUT2D eigenvalue weighted by Crippen LogP contribution is 2.15. The van der Waals surface area contributed by atoms with Crippen molar-refractivity contribution in [3.8, 4) is 0 Å². The van der Waals surface area contributed by atoms with Crippen LogP contribution in [0.5, 0.6) is 0 Å². The molecule has 1 aliphatic rings. The van der Waals surface area contributed by atoms with Gasteiger partial charge in [0.25, 0.3) is 0 Å². The summed E-state index contributed by atoms with van der Waals surface area (Å²) in [5.74, 6) is 0.867. The van der Waals surface area contributed by atoms with Crippen LogP contribution >= 0.6 is 0 Å². The standard InChI is InChI=1S/C16H27N3/c1-3-10-19(12-15-6-8-17-9-7-15)13-16-5-4-14(2)18-11-16/h4-5,11,15,17H,3,6-10,12-13H2,1-2H3. The number of aryl methyl sites for hydroxylation is 1. The lowest BCUT2D eigenvalue weighted by atomic mass is 9.97. The molecule has 19 heavy (non-hydrogen) atoms. The van der Waals surface area contributed by atoms with Crippen molar-refractivity contribution in [1.29, 1.82) is 0 Å². The summed E-state index contributed by atoms with van der Waals surface area (Å²) in [7, 11) is 0. The van der Waals surface area contributed by atoms with Crippen LogP contribution in [-0.2, 0) is 6.54 Å². The number of hydrogen-bond acceptors (Lipinski definition) is 3. The summed E-state index contributed by atoms with van der Waals surface area (Å²) in [6.45, 7) is 10.2. The maximum absolute atomic E-state index is 4.40. The number of piperidine rings is 1. The minimum atomic E-state index is 0.867. The Morgan fingerprint density at radius 2 is 2.11 bits per heavy atom. The number of pyridine rings is 1. The van der Waals surface area contributed by atoms with Gasteiger partial charge in [-0.3, -0.25) is 9.88 Å². The van der Waals surface area contributed by atoms with Crippen LogP contribution in [0.1, 0.15) is 37.4 Å². The van der Waals surface area contributed by atoms with Gasteiger partial charge in [0.15, 0.2) is 0 Å². The zero-order chi connectivity index (χ0) is 13.5. The lowest BCUT2D eigenvalue weighted by Gasteiger charge is -2.30. The van der Waals surface area contributed by atoms with E-state index in [0.717, 1.165) is 18.2 Å². The SMILES string of the molecule is CCCN(Cc1ccc(C)nc1)CC1CCNCC1. The fourth-order valence-electron chi connectivity index (χ4n) is 2.83. The zero-order valence-electron chi connectivity index (χ0n) is 12.4. The zero-order valence-corrected chi connectivity index (χ0v) is 12.4. The first-order valence-electron chi connectivity index (χ1n) is 7.62. The molecule has 0 bridgehead atoms. The molecule has 3 heteroatoms. The van der Waals surface area contributed by atoms with Gasteiger partial charge in [-0.2, -0.15) is 0 Å². The van der Waals surface area contributed by atoms with Crippen molar-refractivity contribution in [3.63, 3.8) is 0 Å². The summed E-state index contributed by atoms with van der Waals surface area (Å²) in [5, 5.41) is 3.45. The predicted octanol–water partition coefficient (Wildman–Crippen LogP) is 2.60. The second kappa shape index (κ2) is 7.61. The number of rotatable bonds is 6. The second-order valence-electron chi connectivity index (χ2n) is 5.74. The second-order valence-corrected chi connectivity index (χ2v) is 5.74. The highest BCUT2D eigenvalue weighted by Gasteiger charge is 2.16. The van der Waals surface area contributed by atoms with E-state index in [2.05, 4.69) is 34.3 Å². The molecule has 1 fully saturated rings. The quantitative estimate of drug-likeness (QED) is 0.853. The molecule has 0 radical (unpaired) electrons. The van der Waals surface area contributed by atoms with Gasteiger partial charge in [-0.15, -0.1) is 0 Å². The Labute approximate surface area is 117 Å². The summed E-state index contributed by atoms with van der Waals surface area (Å²) in [6, 6.07) is 4.33. The number of hydrogen-bond donors (Lipinski definition) is 1. The highest BCUT2D eigenvalue weighted by molar-refractivity contribution is 5.12. The van der Waals surface area contributed by atoms with Gasteiger partial charge in [0.1, 0.15) is 0 Å². The molecule has 1 aromatic rings. The van der Waals surface area contributed by atoms with E-state index in [0.29, 0.717) is 0 Å². The van der Waals surface area contributed by atoms with Crippen molar-refractivity contribution in [2.24, 2.45) is 5.92 Å². The van der Waals surface area contributed by atoms with Crippen LogP contribution in [0.4, 0.5) is 0 Å². The van der Waals surface area contributed by atoms with Crippen molar-refractivity contribution >= 4 is 0 Å². The molecule has 0 atom stereocenters. The molecule has 0 saturated carbocycles. The van der Waals surface area contributed by atoms with Crippen LogP contribution in [0, 0.1) is 12.8 Å². The van der Waals surface area contributed by atoms with Crippen molar-refractivity contribution < 1.29 is 0 Å². The minimum Gasteiger partial charge on any atom is -0.317 e. The summed E-state index contributed by atoms with van der Waals surface area (Å²) in [5.41, 5.74) is 2.44. The largest absolute Gasteiger partial charge is 0.317 e. The van der Waals surface area contributed by atoms with Gasteiger partial charge in [-0.05, 0) is 63.4 Å². The first-order valence-corrected chi connectivity index (χ1v) is 7.62. The van der Waals surface area contributed by atoms with Crippen LogP contribution in [0.25, 0.3) is 0 Å². The van der Waals surface area contributed by atoms with E-state index >= 15 is 0 Å². The fourth-order valence-corrected chi connectivity index (χ4v) is 2.83. The van der Waals surface area contributed by atoms with Crippen LogP contribution in [0.3, 0.4) is 0 Å². The van der Waals surface area contributed by atoms with E-state index in [4.69, 9.17) is 0 Å². The van der Waals surface area contributed by atoms with Gasteiger partial charge in [0.2, 0.25) is 0 Å². The first kappa shape index (κ1) is 14.5. The van der Waals surface area contributed by atoms with Crippen LogP contribution < -0.4 is 5.32 Å². The van der Waals surface area contributed by atoms with Crippen LogP contribution in [0.15, 0.2) is 18.3 Å². The lowest BCUT2D eigenvalue weighted by Crippen LogP contribution is -2.36. The van der Waals surface area contributed by atoms with Gasteiger partial charge >= 0.3 is 0 Å². The predicted molar refractivity (Wildman–Crippen MR) is 80.1 cm³/mol. The molecule has 2 heterocycles. The number of nitrogens with zero attached hydrogens (tertiary/aromatic N) is 2. The van der Waals surface area contributed by atoms with Gasteiger partial charge in [-0.25, -0.2) is 0 Å². The van der Waals surface area contributed by atoms with E-state index < -0.39 is 0 Å². The Balaban J connectivity index is 1.89. The molecule has 2 rings (SSSR count). The third-order valence-corrected chi connectivity index (χ3v) is 3.89. The monoisotopic (exact) mass is 261 g/mol.